The molecule has 0 spiro atoms. The second-order valence-electron chi connectivity index (χ2n) is 11.3. The molecule has 0 radical (unpaired) electrons. The second-order valence-corrected chi connectivity index (χ2v) is 11.3. The largest absolute Gasteiger partial charge is 0.343 e. The van der Waals surface area contributed by atoms with Crippen LogP contribution in [0, 0.1) is 5.92 Å². The van der Waals surface area contributed by atoms with Crippen LogP contribution in [0.15, 0.2) is 60.7 Å². The molecule has 2 aromatic carbocycles. The van der Waals surface area contributed by atoms with E-state index < -0.39 is 0 Å². The Morgan fingerprint density at radius 3 is 2.03 bits per heavy atom. The molecule has 1 amide bonds. The van der Waals surface area contributed by atoms with Crippen LogP contribution in [-0.4, -0.2) is 98.5 Å². The number of likely N-dealkylation sites (tertiary alicyclic amines) is 2. The normalized spacial score (nSPS) is 22.3. The van der Waals surface area contributed by atoms with Crippen molar-refractivity contribution in [2.24, 2.45) is 5.92 Å². The number of carbonyl (C=O) groups excluding carboxylic acids is 1. The number of benzene rings is 2. The summed E-state index contributed by atoms with van der Waals surface area (Å²) in [5, 5.41) is 0. The van der Waals surface area contributed by atoms with E-state index in [1.54, 1.807) is 0 Å². The second kappa shape index (κ2) is 12.8. The smallest absolute Gasteiger partial charge is 0.222 e. The summed E-state index contributed by atoms with van der Waals surface area (Å²) < 4.78 is 0. The molecule has 2 heterocycles. The minimum absolute atomic E-state index is 0.325. The van der Waals surface area contributed by atoms with E-state index in [-0.39, 0.29) is 0 Å². The lowest BCUT2D eigenvalue weighted by Crippen LogP contribution is -2.50. The van der Waals surface area contributed by atoms with Gasteiger partial charge in [0, 0.05) is 44.6 Å². The summed E-state index contributed by atoms with van der Waals surface area (Å²) in [6.45, 7) is 5.37. The van der Waals surface area contributed by atoms with Crippen molar-refractivity contribution >= 4 is 5.91 Å². The van der Waals surface area contributed by atoms with Crippen LogP contribution in [0.1, 0.15) is 49.1 Å². The zero-order chi connectivity index (χ0) is 25.5. The summed E-state index contributed by atoms with van der Waals surface area (Å²) in [6.07, 6.45) is 4.98. The third-order valence-corrected chi connectivity index (χ3v) is 8.64. The van der Waals surface area contributed by atoms with Crippen LogP contribution in [0.3, 0.4) is 0 Å². The highest BCUT2D eigenvalue weighted by Gasteiger charge is 2.33. The molecule has 5 heteroatoms. The SMILES string of the molecule is CN1CCC(N(C)C(=O)CC[C@H]2CN(CC(c3ccccc3)c3ccccc3)CC[C@H]2N(C)C)CC1. The van der Waals surface area contributed by atoms with Crippen molar-refractivity contribution in [3.8, 4) is 0 Å². The predicted octanol–water partition coefficient (Wildman–Crippen LogP) is 4.40. The van der Waals surface area contributed by atoms with Gasteiger partial charge in [-0.1, -0.05) is 60.7 Å². The van der Waals surface area contributed by atoms with E-state index >= 15 is 0 Å². The molecule has 2 atom stereocenters. The molecular formula is C31H46N4O. The van der Waals surface area contributed by atoms with Gasteiger partial charge in [-0.05, 0) is 83.5 Å². The topological polar surface area (TPSA) is 30.0 Å². The summed E-state index contributed by atoms with van der Waals surface area (Å²) in [7, 11) is 8.61. The molecule has 5 nitrogen and oxygen atoms in total. The first-order valence-electron chi connectivity index (χ1n) is 13.8. The summed E-state index contributed by atoms with van der Waals surface area (Å²) in [5.74, 6) is 1.20. The first-order valence-corrected chi connectivity index (χ1v) is 13.8. The van der Waals surface area contributed by atoms with E-state index in [9.17, 15) is 4.79 Å². The average Bonchev–Trinajstić information content (AvgIpc) is 2.91. The van der Waals surface area contributed by atoms with Gasteiger partial charge in [-0.15, -0.1) is 0 Å². The lowest BCUT2D eigenvalue weighted by molar-refractivity contribution is -0.133. The van der Waals surface area contributed by atoms with Crippen molar-refractivity contribution in [2.75, 3.05) is 60.9 Å². The lowest BCUT2D eigenvalue weighted by atomic mass is 9.85. The number of hydrogen-bond acceptors (Lipinski definition) is 4. The Kier molecular flexibility index (Phi) is 9.58. The monoisotopic (exact) mass is 490 g/mol. The highest BCUT2D eigenvalue weighted by Crippen LogP contribution is 2.30. The van der Waals surface area contributed by atoms with Crippen LogP contribution < -0.4 is 0 Å². The van der Waals surface area contributed by atoms with Crippen LogP contribution >= 0.6 is 0 Å². The third kappa shape index (κ3) is 6.96. The molecule has 0 bridgehead atoms. The van der Waals surface area contributed by atoms with Gasteiger partial charge in [0.25, 0.3) is 0 Å². The van der Waals surface area contributed by atoms with Crippen molar-refractivity contribution < 1.29 is 4.79 Å². The molecule has 0 aliphatic carbocycles. The maximum absolute atomic E-state index is 13.2. The van der Waals surface area contributed by atoms with Crippen LogP contribution in [0.5, 0.6) is 0 Å². The van der Waals surface area contributed by atoms with Crippen LogP contribution in [0.2, 0.25) is 0 Å². The number of nitrogens with zero attached hydrogens (tertiary/aromatic N) is 4. The Morgan fingerprint density at radius 1 is 0.889 bits per heavy atom. The molecule has 0 saturated carbocycles. The maximum atomic E-state index is 13.2. The van der Waals surface area contributed by atoms with Crippen LogP contribution in [-0.2, 0) is 4.79 Å². The molecule has 4 rings (SSSR count). The number of carbonyl (C=O) groups is 1. The summed E-state index contributed by atoms with van der Waals surface area (Å²) in [5.41, 5.74) is 2.76. The Balaban J connectivity index is 1.40. The molecule has 2 aromatic rings. The fraction of sp³-hybridized carbons (Fsp3) is 0.581. The summed E-state index contributed by atoms with van der Waals surface area (Å²) in [6, 6.07) is 22.8. The van der Waals surface area contributed by atoms with Crippen LogP contribution in [0.4, 0.5) is 0 Å². The van der Waals surface area contributed by atoms with Gasteiger partial charge in [-0.25, -0.2) is 0 Å². The zero-order valence-corrected chi connectivity index (χ0v) is 22.9. The fourth-order valence-corrected chi connectivity index (χ4v) is 6.33. The first kappa shape index (κ1) is 26.8. The minimum atomic E-state index is 0.325. The molecule has 196 valence electrons. The van der Waals surface area contributed by atoms with Crippen LogP contribution in [0.25, 0.3) is 0 Å². The Morgan fingerprint density at radius 2 is 1.47 bits per heavy atom. The highest BCUT2D eigenvalue weighted by atomic mass is 16.2. The number of amides is 1. The van der Waals surface area contributed by atoms with Crippen molar-refractivity contribution in [2.45, 2.75) is 50.1 Å². The molecule has 2 saturated heterocycles. The summed E-state index contributed by atoms with van der Waals surface area (Å²) >= 11 is 0. The Labute approximate surface area is 219 Å². The Hall–Kier alpha value is -2.21. The Bertz CT molecular complexity index is 887. The molecule has 2 fully saturated rings. The van der Waals surface area contributed by atoms with E-state index in [4.69, 9.17) is 0 Å². The van der Waals surface area contributed by atoms with Gasteiger partial charge in [0.2, 0.25) is 5.91 Å². The zero-order valence-electron chi connectivity index (χ0n) is 22.9. The molecule has 0 unspecified atom stereocenters. The van der Waals surface area contributed by atoms with Crippen molar-refractivity contribution in [1.82, 2.24) is 19.6 Å². The van der Waals surface area contributed by atoms with Gasteiger partial charge in [0.1, 0.15) is 0 Å². The number of hydrogen-bond donors (Lipinski definition) is 0. The minimum Gasteiger partial charge on any atom is -0.343 e. The van der Waals surface area contributed by atoms with Gasteiger partial charge in [-0.2, -0.15) is 0 Å². The van der Waals surface area contributed by atoms with E-state index in [0.29, 0.717) is 36.2 Å². The molecule has 2 aliphatic heterocycles. The third-order valence-electron chi connectivity index (χ3n) is 8.64. The quantitative estimate of drug-likeness (QED) is 0.521. The van der Waals surface area contributed by atoms with E-state index in [1.807, 2.05) is 7.05 Å². The van der Waals surface area contributed by atoms with Crippen molar-refractivity contribution in [1.29, 1.82) is 0 Å². The fourth-order valence-electron chi connectivity index (χ4n) is 6.33. The predicted molar refractivity (Wildman–Crippen MR) is 149 cm³/mol. The number of rotatable bonds is 9. The molecule has 0 N–H and O–H groups in total. The highest BCUT2D eigenvalue weighted by molar-refractivity contribution is 5.76. The van der Waals surface area contributed by atoms with E-state index in [1.165, 1.54) is 11.1 Å². The van der Waals surface area contributed by atoms with Gasteiger partial charge in [0.05, 0.1) is 0 Å². The van der Waals surface area contributed by atoms with Gasteiger partial charge < -0.3 is 19.6 Å². The first-order chi connectivity index (χ1) is 17.4. The molecule has 36 heavy (non-hydrogen) atoms. The number of piperidine rings is 2. The molecule has 2 aliphatic rings. The maximum Gasteiger partial charge on any atom is 0.222 e. The van der Waals surface area contributed by atoms with Gasteiger partial charge in [0.15, 0.2) is 0 Å². The molecule has 0 aromatic heterocycles. The van der Waals surface area contributed by atoms with Gasteiger partial charge >= 0.3 is 0 Å². The van der Waals surface area contributed by atoms with Gasteiger partial charge in [-0.3, -0.25) is 4.79 Å². The van der Waals surface area contributed by atoms with E-state index in [0.717, 1.165) is 58.4 Å². The molecular weight excluding hydrogens is 444 g/mol. The van der Waals surface area contributed by atoms with Crippen molar-refractivity contribution in [3.63, 3.8) is 0 Å². The summed E-state index contributed by atoms with van der Waals surface area (Å²) in [4.78, 5) is 22.6. The van der Waals surface area contributed by atoms with E-state index in [2.05, 4.69) is 101 Å². The average molecular weight is 491 g/mol. The lowest BCUT2D eigenvalue weighted by Gasteiger charge is -2.43. The standard InChI is InChI=1S/C31H46N4O/c1-32(2)30-19-22-35(24-29(25-11-7-5-8-12-25)26-13-9-6-10-14-26)23-27(30)15-16-31(36)34(4)28-17-20-33(3)21-18-28/h5-14,27-30H,15-24H2,1-4H3/t27-,30+/m0/s1. The van der Waals surface area contributed by atoms with Crippen molar-refractivity contribution in [3.05, 3.63) is 71.8 Å².